The number of ether oxygens (including phenoxy) is 2. The smallest absolute Gasteiger partial charge is 0.409 e. The van der Waals surface area contributed by atoms with Crippen molar-refractivity contribution in [3.05, 3.63) is 65.3 Å². The van der Waals surface area contributed by atoms with Gasteiger partial charge in [-0.25, -0.2) is 9.48 Å². The van der Waals surface area contributed by atoms with Gasteiger partial charge in [0, 0.05) is 31.7 Å². The van der Waals surface area contributed by atoms with Crippen LogP contribution in [0.25, 0.3) is 16.9 Å². The van der Waals surface area contributed by atoms with Crippen LogP contribution in [0.1, 0.15) is 17.4 Å². The van der Waals surface area contributed by atoms with Crippen LogP contribution in [-0.2, 0) is 4.74 Å². The van der Waals surface area contributed by atoms with Gasteiger partial charge in [0.1, 0.15) is 11.4 Å². The minimum absolute atomic E-state index is 0.175. The molecule has 0 unspecified atom stereocenters. The molecule has 33 heavy (non-hydrogen) atoms. The number of carbonyl (C=O) groups is 2. The van der Waals surface area contributed by atoms with Gasteiger partial charge in [0.05, 0.1) is 30.1 Å². The van der Waals surface area contributed by atoms with E-state index in [1.165, 1.54) is 0 Å². The van der Waals surface area contributed by atoms with Gasteiger partial charge in [-0.2, -0.15) is 5.10 Å². The van der Waals surface area contributed by atoms with Crippen molar-refractivity contribution in [2.45, 2.75) is 6.92 Å². The fourth-order valence-corrected chi connectivity index (χ4v) is 3.93. The highest BCUT2D eigenvalue weighted by molar-refractivity contribution is 6.32. The zero-order chi connectivity index (χ0) is 23.4. The summed E-state index contributed by atoms with van der Waals surface area (Å²) in [6.07, 6.45) is -0.354. The van der Waals surface area contributed by atoms with Gasteiger partial charge in [-0.05, 0) is 49.4 Å². The van der Waals surface area contributed by atoms with Crippen LogP contribution in [0, 0.1) is 0 Å². The number of carbonyl (C=O) groups excluding carboxylic acids is 2. The highest BCUT2D eigenvalue weighted by atomic mass is 35.5. The third-order valence-electron chi connectivity index (χ3n) is 5.49. The Kier molecular flexibility index (Phi) is 6.84. The lowest BCUT2D eigenvalue weighted by Gasteiger charge is -2.34. The standard InChI is InChI=1S/C24H25ClN4O4/c1-3-33-24(31)28-14-12-27(13-15-28)23(30)22-16-20(17-8-10-18(32-2)11-9-17)26-29(22)21-7-5-4-6-19(21)25/h4-11,16H,3,12-15H2,1-2H3. The maximum Gasteiger partial charge on any atom is 0.409 e. The fraction of sp³-hybridized carbons (Fsp3) is 0.292. The minimum atomic E-state index is -0.354. The predicted octanol–water partition coefficient (Wildman–Crippen LogP) is 4.12. The van der Waals surface area contributed by atoms with E-state index in [4.69, 9.17) is 26.2 Å². The average molecular weight is 469 g/mol. The summed E-state index contributed by atoms with van der Waals surface area (Å²) in [5, 5.41) is 5.20. The van der Waals surface area contributed by atoms with Crippen molar-refractivity contribution >= 4 is 23.6 Å². The predicted molar refractivity (Wildman–Crippen MR) is 125 cm³/mol. The summed E-state index contributed by atoms with van der Waals surface area (Å²) in [6, 6.07) is 16.5. The molecule has 8 nitrogen and oxygen atoms in total. The van der Waals surface area contributed by atoms with Crippen molar-refractivity contribution < 1.29 is 19.1 Å². The summed E-state index contributed by atoms with van der Waals surface area (Å²) in [7, 11) is 1.61. The van der Waals surface area contributed by atoms with Crippen LogP contribution < -0.4 is 4.74 Å². The van der Waals surface area contributed by atoms with Crippen molar-refractivity contribution in [3.8, 4) is 22.7 Å². The largest absolute Gasteiger partial charge is 0.497 e. The van der Waals surface area contributed by atoms with Crippen molar-refractivity contribution in [3.63, 3.8) is 0 Å². The minimum Gasteiger partial charge on any atom is -0.497 e. The third-order valence-corrected chi connectivity index (χ3v) is 5.81. The quantitative estimate of drug-likeness (QED) is 0.563. The van der Waals surface area contributed by atoms with Gasteiger partial charge in [0.25, 0.3) is 5.91 Å². The summed E-state index contributed by atoms with van der Waals surface area (Å²) < 4.78 is 11.9. The Hall–Kier alpha value is -3.52. The van der Waals surface area contributed by atoms with Gasteiger partial charge in [-0.1, -0.05) is 23.7 Å². The van der Waals surface area contributed by atoms with E-state index in [1.54, 1.807) is 40.6 Å². The zero-order valence-electron chi connectivity index (χ0n) is 18.5. The molecule has 0 N–H and O–H groups in total. The topological polar surface area (TPSA) is 76.9 Å². The molecule has 0 saturated carbocycles. The van der Waals surface area contributed by atoms with E-state index < -0.39 is 0 Å². The zero-order valence-corrected chi connectivity index (χ0v) is 19.3. The van der Waals surface area contributed by atoms with Crippen LogP contribution >= 0.6 is 11.6 Å². The second-order valence-corrected chi connectivity index (χ2v) is 7.89. The number of halogens is 1. The van der Waals surface area contributed by atoms with E-state index in [-0.39, 0.29) is 12.0 Å². The molecule has 4 rings (SSSR count). The Balaban J connectivity index is 1.65. The maximum atomic E-state index is 13.5. The number of hydrogen-bond donors (Lipinski definition) is 0. The second kappa shape index (κ2) is 9.95. The summed E-state index contributed by atoms with van der Waals surface area (Å²) in [5.41, 5.74) is 2.51. The molecule has 0 spiro atoms. The number of hydrogen-bond acceptors (Lipinski definition) is 5. The van der Waals surface area contributed by atoms with Crippen molar-refractivity contribution in [1.82, 2.24) is 19.6 Å². The van der Waals surface area contributed by atoms with Gasteiger partial charge < -0.3 is 19.3 Å². The van der Waals surface area contributed by atoms with Gasteiger partial charge in [0.15, 0.2) is 0 Å². The summed E-state index contributed by atoms with van der Waals surface area (Å²) >= 11 is 6.44. The van der Waals surface area contributed by atoms with E-state index in [9.17, 15) is 9.59 Å². The number of piperazine rings is 1. The number of rotatable bonds is 5. The third kappa shape index (κ3) is 4.80. The molecule has 2 amide bonds. The summed E-state index contributed by atoms with van der Waals surface area (Å²) in [4.78, 5) is 28.8. The summed E-state index contributed by atoms with van der Waals surface area (Å²) in [5.74, 6) is 0.561. The molecule has 1 aromatic heterocycles. The van der Waals surface area contributed by atoms with Crippen LogP contribution in [0.3, 0.4) is 0 Å². The van der Waals surface area contributed by atoms with Crippen LogP contribution in [0.15, 0.2) is 54.6 Å². The van der Waals surface area contributed by atoms with E-state index in [2.05, 4.69) is 0 Å². The lowest BCUT2D eigenvalue weighted by Crippen LogP contribution is -2.51. The molecule has 1 saturated heterocycles. The molecule has 0 bridgehead atoms. The van der Waals surface area contributed by atoms with E-state index in [0.717, 1.165) is 11.3 Å². The Bertz CT molecular complexity index is 1140. The Labute approximate surface area is 197 Å². The monoisotopic (exact) mass is 468 g/mol. The van der Waals surface area contributed by atoms with Gasteiger partial charge in [0.2, 0.25) is 0 Å². The molecule has 1 aliphatic heterocycles. The van der Waals surface area contributed by atoms with Crippen LogP contribution in [-0.4, -0.2) is 71.5 Å². The SMILES string of the molecule is CCOC(=O)N1CCN(C(=O)c2cc(-c3ccc(OC)cc3)nn2-c2ccccc2Cl)CC1. The number of amides is 2. The van der Waals surface area contributed by atoms with Crippen molar-refractivity contribution in [2.24, 2.45) is 0 Å². The van der Waals surface area contributed by atoms with Gasteiger partial charge >= 0.3 is 6.09 Å². The molecule has 2 aromatic carbocycles. The lowest BCUT2D eigenvalue weighted by atomic mass is 10.1. The van der Waals surface area contributed by atoms with Gasteiger partial charge in [-0.15, -0.1) is 0 Å². The molecule has 0 aliphatic carbocycles. The molecule has 0 atom stereocenters. The fourth-order valence-electron chi connectivity index (χ4n) is 3.71. The lowest BCUT2D eigenvalue weighted by molar-refractivity contribution is 0.0563. The first-order chi connectivity index (χ1) is 16.0. The molecular weight excluding hydrogens is 444 g/mol. The van der Waals surface area contributed by atoms with Crippen molar-refractivity contribution in [2.75, 3.05) is 39.9 Å². The van der Waals surface area contributed by atoms with Crippen LogP contribution in [0.2, 0.25) is 5.02 Å². The number of methoxy groups -OCH3 is 1. The van der Waals surface area contributed by atoms with E-state index in [1.807, 2.05) is 42.5 Å². The Morgan fingerprint density at radius 3 is 2.30 bits per heavy atom. The van der Waals surface area contributed by atoms with Gasteiger partial charge in [-0.3, -0.25) is 4.79 Å². The molecule has 9 heteroatoms. The normalized spacial score (nSPS) is 13.7. The Morgan fingerprint density at radius 2 is 1.67 bits per heavy atom. The first kappa shape index (κ1) is 22.7. The first-order valence-corrected chi connectivity index (χ1v) is 11.1. The number of benzene rings is 2. The molecule has 1 fully saturated rings. The Morgan fingerprint density at radius 1 is 1.00 bits per heavy atom. The molecule has 1 aliphatic rings. The number of nitrogens with zero attached hydrogens (tertiary/aromatic N) is 4. The van der Waals surface area contributed by atoms with E-state index >= 15 is 0 Å². The second-order valence-electron chi connectivity index (χ2n) is 7.48. The molecule has 3 aromatic rings. The molecule has 2 heterocycles. The molecule has 0 radical (unpaired) electrons. The molecular formula is C24H25ClN4O4. The van der Waals surface area contributed by atoms with Crippen LogP contribution in [0.4, 0.5) is 4.79 Å². The van der Waals surface area contributed by atoms with Crippen molar-refractivity contribution in [1.29, 1.82) is 0 Å². The summed E-state index contributed by atoms with van der Waals surface area (Å²) in [6.45, 7) is 3.73. The van der Waals surface area contributed by atoms with E-state index in [0.29, 0.717) is 54.9 Å². The molecule has 172 valence electrons. The number of aromatic nitrogens is 2. The first-order valence-electron chi connectivity index (χ1n) is 10.7. The maximum absolute atomic E-state index is 13.5. The number of para-hydroxylation sites is 1. The van der Waals surface area contributed by atoms with Crippen LogP contribution in [0.5, 0.6) is 5.75 Å². The average Bonchev–Trinajstić information content (AvgIpc) is 3.29. The highest BCUT2D eigenvalue weighted by Gasteiger charge is 2.28. The highest BCUT2D eigenvalue weighted by Crippen LogP contribution is 2.27.